The Kier molecular flexibility index (Phi) is 4.61. The first-order valence-electron chi connectivity index (χ1n) is 7.16. The van der Waals surface area contributed by atoms with Gasteiger partial charge in [-0.25, -0.2) is 9.07 Å². The molecule has 2 aromatic heterocycles. The summed E-state index contributed by atoms with van der Waals surface area (Å²) >= 11 is 3.12. The van der Waals surface area contributed by atoms with Crippen molar-refractivity contribution in [1.29, 1.82) is 0 Å². The van der Waals surface area contributed by atoms with Crippen LogP contribution in [0.3, 0.4) is 0 Å². The van der Waals surface area contributed by atoms with E-state index in [-0.39, 0.29) is 0 Å². The number of hydrogen-bond acceptors (Lipinski definition) is 4. The summed E-state index contributed by atoms with van der Waals surface area (Å²) < 4.78 is 46.2. The fourth-order valence-corrected chi connectivity index (χ4v) is 2.71. The highest BCUT2D eigenvalue weighted by atomic mass is 79.9. The lowest BCUT2D eigenvalue weighted by Crippen LogP contribution is -2.48. The summed E-state index contributed by atoms with van der Waals surface area (Å²) in [6.07, 6.45) is 3.76. The van der Waals surface area contributed by atoms with E-state index in [0.717, 1.165) is 22.9 Å². The van der Waals surface area contributed by atoms with Gasteiger partial charge >= 0.3 is 5.92 Å². The maximum absolute atomic E-state index is 15.2. The van der Waals surface area contributed by atoms with Gasteiger partial charge in [-0.3, -0.25) is 4.98 Å². The van der Waals surface area contributed by atoms with Crippen molar-refractivity contribution in [2.24, 2.45) is 0 Å². The van der Waals surface area contributed by atoms with Crippen LogP contribution in [0.15, 0.2) is 59.5 Å². The van der Waals surface area contributed by atoms with Crippen molar-refractivity contribution < 1.29 is 18.3 Å². The van der Waals surface area contributed by atoms with Gasteiger partial charge in [-0.05, 0) is 34.1 Å². The average Bonchev–Trinajstić information content (AvgIpc) is 3.08. The quantitative estimate of drug-likeness (QED) is 0.698. The van der Waals surface area contributed by atoms with Gasteiger partial charge in [0.2, 0.25) is 0 Å². The molecule has 0 saturated heterocycles. The van der Waals surface area contributed by atoms with E-state index in [1.807, 2.05) is 0 Å². The summed E-state index contributed by atoms with van der Waals surface area (Å²) in [6.45, 7) is -0.710. The molecule has 0 radical (unpaired) electrons. The molecule has 5 nitrogen and oxygen atoms in total. The zero-order valence-corrected chi connectivity index (χ0v) is 14.2. The van der Waals surface area contributed by atoms with Crippen LogP contribution in [0.4, 0.5) is 13.2 Å². The highest BCUT2D eigenvalue weighted by Gasteiger charge is 2.57. The van der Waals surface area contributed by atoms with Crippen molar-refractivity contribution in [1.82, 2.24) is 20.0 Å². The zero-order valence-electron chi connectivity index (χ0n) is 12.7. The Morgan fingerprint density at radius 2 is 1.92 bits per heavy atom. The van der Waals surface area contributed by atoms with Crippen LogP contribution in [0.2, 0.25) is 0 Å². The smallest absolute Gasteiger partial charge is 0.323 e. The molecule has 0 bridgehead atoms. The molecule has 0 amide bonds. The summed E-state index contributed by atoms with van der Waals surface area (Å²) in [6, 6.07) is 7.27. The van der Waals surface area contributed by atoms with Gasteiger partial charge < -0.3 is 5.11 Å². The highest BCUT2D eigenvalue weighted by molar-refractivity contribution is 9.10. The van der Waals surface area contributed by atoms with E-state index in [0.29, 0.717) is 4.47 Å². The van der Waals surface area contributed by atoms with Gasteiger partial charge in [0.15, 0.2) is 5.60 Å². The zero-order chi connectivity index (χ0) is 18.1. The normalized spacial score (nSPS) is 14.3. The van der Waals surface area contributed by atoms with Gasteiger partial charge in [0.05, 0.1) is 12.7 Å². The van der Waals surface area contributed by atoms with Crippen molar-refractivity contribution in [2.75, 3.05) is 0 Å². The van der Waals surface area contributed by atoms with Crippen molar-refractivity contribution in [2.45, 2.75) is 18.1 Å². The minimum absolute atomic E-state index is 0.498. The molecule has 0 aliphatic rings. The topological polar surface area (TPSA) is 63.8 Å². The highest BCUT2D eigenvalue weighted by Crippen LogP contribution is 2.46. The molecule has 0 saturated carbocycles. The second-order valence-electron chi connectivity index (χ2n) is 5.38. The van der Waals surface area contributed by atoms with Crippen LogP contribution < -0.4 is 0 Å². The summed E-state index contributed by atoms with van der Waals surface area (Å²) in [5.74, 6) is -4.86. The molecule has 1 atom stereocenters. The molecule has 0 aliphatic heterocycles. The van der Waals surface area contributed by atoms with Gasteiger partial charge in [-0.2, -0.15) is 8.78 Å². The molecule has 130 valence electrons. The van der Waals surface area contributed by atoms with E-state index in [9.17, 15) is 9.50 Å². The molecule has 25 heavy (non-hydrogen) atoms. The fourth-order valence-electron chi connectivity index (χ4n) is 2.48. The second kappa shape index (κ2) is 6.57. The van der Waals surface area contributed by atoms with E-state index in [4.69, 9.17) is 0 Å². The first kappa shape index (κ1) is 17.6. The van der Waals surface area contributed by atoms with Gasteiger partial charge in [0.1, 0.15) is 11.5 Å². The molecule has 0 aliphatic carbocycles. The van der Waals surface area contributed by atoms with Gasteiger partial charge in [0.25, 0.3) is 0 Å². The Bertz CT molecular complexity index is 858. The summed E-state index contributed by atoms with van der Waals surface area (Å²) in [4.78, 5) is 3.68. The monoisotopic (exact) mass is 412 g/mol. The number of pyridine rings is 1. The number of alkyl halides is 2. The average molecular weight is 413 g/mol. The third kappa shape index (κ3) is 3.16. The number of benzene rings is 1. The minimum Gasteiger partial charge on any atom is -0.377 e. The number of aliphatic hydroxyl groups is 1. The molecule has 1 N–H and O–H groups in total. The van der Waals surface area contributed by atoms with Crippen LogP contribution in [-0.2, 0) is 18.1 Å². The lowest BCUT2D eigenvalue weighted by Gasteiger charge is -2.35. The third-order valence-corrected chi connectivity index (χ3v) is 4.22. The molecule has 1 aromatic carbocycles. The maximum atomic E-state index is 15.2. The van der Waals surface area contributed by atoms with Crippen molar-refractivity contribution in [3.63, 3.8) is 0 Å². The molecule has 0 fully saturated rings. The van der Waals surface area contributed by atoms with Crippen molar-refractivity contribution >= 4 is 15.9 Å². The van der Waals surface area contributed by atoms with Crippen LogP contribution in [-0.4, -0.2) is 25.1 Å². The lowest BCUT2D eigenvalue weighted by atomic mass is 9.84. The van der Waals surface area contributed by atoms with Gasteiger partial charge in [-0.1, -0.05) is 23.4 Å². The van der Waals surface area contributed by atoms with Gasteiger partial charge in [-0.15, -0.1) is 5.10 Å². The van der Waals surface area contributed by atoms with E-state index >= 15 is 8.78 Å². The molecule has 3 rings (SSSR count). The number of halogens is 4. The predicted molar refractivity (Wildman–Crippen MR) is 86.1 cm³/mol. The Balaban J connectivity index is 2.16. The molecule has 1 unspecified atom stereocenters. The van der Waals surface area contributed by atoms with Crippen molar-refractivity contribution in [3.05, 3.63) is 76.5 Å². The SMILES string of the molecule is OC(Cn1ccnn1)(c1ccccc1F)C(F)(F)c1ccc(Br)cn1. The first-order valence-corrected chi connectivity index (χ1v) is 7.95. The van der Waals surface area contributed by atoms with Crippen LogP contribution in [0.5, 0.6) is 0 Å². The predicted octanol–water partition coefficient (Wildman–Crippen LogP) is 3.25. The van der Waals surface area contributed by atoms with E-state index in [1.165, 1.54) is 36.8 Å². The maximum Gasteiger partial charge on any atom is 0.323 e. The van der Waals surface area contributed by atoms with E-state index in [1.54, 1.807) is 0 Å². The van der Waals surface area contributed by atoms with Crippen LogP contribution in [0.1, 0.15) is 11.3 Å². The number of rotatable bonds is 5. The summed E-state index contributed by atoms with van der Waals surface area (Å²) in [7, 11) is 0. The molecule has 9 heteroatoms. The number of nitrogens with zero attached hydrogens (tertiary/aromatic N) is 4. The number of hydrogen-bond donors (Lipinski definition) is 1. The molecular weight excluding hydrogens is 401 g/mol. The fraction of sp³-hybridized carbons (Fsp3) is 0.188. The molecular formula is C16H12BrF3N4O. The number of aromatic nitrogens is 4. The Labute approximate surface area is 149 Å². The first-order chi connectivity index (χ1) is 11.8. The standard InChI is InChI=1S/C16H12BrF3N4O/c17-11-5-6-14(21-9-11)16(19,20)15(25,10-24-8-7-22-23-24)12-3-1-2-4-13(12)18/h1-9,25H,10H2. The summed E-state index contributed by atoms with van der Waals surface area (Å²) in [5.41, 5.74) is -4.17. The van der Waals surface area contributed by atoms with Gasteiger partial charge in [0, 0.05) is 22.4 Å². The van der Waals surface area contributed by atoms with E-state index in [2.05, 4.69) is 31.2 Å². The molecule has 0 spiro atoms. The Morgan fingerprint density at radius 3 is 2.52 bits per heavy atom. The van der Waals surface area contributed by atoms with Crippen LogP contribution in [0, 0.1) is 5.82 Å². The van der Waals surface area contributed by atoms with Crippen molar-refractivity contribution in [3.8, 4) is 0 Å². The van der Waals surface area contributed by atoms with Crippen LogP contribution in [0.25, 0.3) is 0 Å². The van der Waals surface area contributed by atoms with Crippen LogP contribution >= 0.6 is 15.9 Å². The second-order valence-corrected chi connectivity index (χ2v) is 6.29. The lowest BCUT2D eigenvalue weighted by molar-refractivity contribution is -0.207. The Hall–Kier alpha value is -2.26. The Morgan fingerprint density at radius 1 is 1.16 bits per heavy atom. The third-order valence-electron chi connectivity index (χ3n) is 3.75. The largest absolute Gasteiger partial charge is 0.377 e. The minimum atomic E-state index is -3.90. The summed E-state index contributed by atoms with van der Waals surface area (Å²) in [5, 5.41) is 18.1. The molecule has 3 aromatic rings. The molecule has 2 heterocycles. The van der Waals surface area contributed by atoms with E-state index < -0.39 is 35.1 Å².